The molecule has 0 saturated carbocycles. The maximum absolute atomic E-state index is 11.7. The van der Waals surface area contributed by atoms with Crippen LogP contribution in [0.3, 0.4) is 0 Å². The zero-order chi connectivity index (χ0) is 23.4. The summed E-state index contributed by atoms with van der Waals surface area (Å²) in [5.74, 6) is 0.706. The van der Waals surface area contributed by atoms with Crippen molar-refractivity contribution in [2.24, 2.45) is 0 Å². The largest absolute Gasteiger partial charge is 0.378 e. The van der Waals surface area contributed by atoms with Crippen molar-refractivity contribution in [1.82, 2.24) is 9.97 Å². The molecule has 0 radical (unpaired) electrons. The number of morpholine rings is 1. The molecule has 0 bridgehead atoms. The van der Waals surface area contributed by atoms with Gasteiger partial charge in [-0.05, 0) is 42.8 Å². The number of sulfonamides is 1. The Bertz CT molecular complexity index is 1250. The van der Waals surface area contributed by atoms with Crippen LogP contribution in [0.15, 0.2) is 48.7 Å². The number of anilines is 6. The van der Waals surface area contributed by atoms with E-state index in [1.54, 1.807) is 24.3 Å². The van der Waals surface area contributed by atoms with Crippen LogP contribution in [0.2, 0.25) is 5.02 Å². The Hall–Kier alpha value is -3.08. The molecule has 174 valence electrons. The zero-order valence-electron chi connectivity index (χ0n) is 18.3. The Labute approximate surface area is 198 Å². The van der Waals surface area contributed by atoms with Crippen molar-refractivity contribution in [2.75, 3.05) is 52.8 Å². The van der Waals surface area contributed by atoms with Crippen LogP contribution in [0.5, 0.6) is 0 Å². The van der Waals surface area contributed by atoms with Crippen LogP contribution in [0, 0.1) is 6.92 Å². The van der Waals surface area contributed by atoms with Crippen LogP contribution in [0.1, 0.15) is 5.56 Å². The smallest absolute Gasteiger partial charge is 0.229 e. The van der Waals surface area contributed by atoms with E-state index in [4.69, 9.17) is 16.3 Å². The molecule has 1 saturated heterocycles. The van der Waals surface area contributed by atoms with Gasteiger partial charge in [0.2, 0.25) is 16.0 Å². The van der Waals surface area contributed by atoms with Crippen molar-refractivity contribution >= 4 is 56.1 Å². The fourth-order valence-corrected chi connectivity index (χ4v) is 4.17. The average Bonchev–Trinajstić information content (AvgIpc) is 2.78. The Balaban J connectivity index is 1.54. The molecule has 1 aliphatic rings. The third kappa shape index (κ3) is 6.04. The van der Waals surface area contributed by atoms with Gasteiger partial charge in [-0.1, -0.05) is 23.7 Å². The van der Waals surface area contributed by atoms with E-state index in [-0.39, 0.29) is 0 Å². The number of para-hydroxylation sites is 2. The Morgan fingerprint density at radius 1 is 1.03 bits per heavy atom. The first kappa shape index (κ1) is 23.1. The molecule has 33 heavy (non-hydrogen) atoms. The van der Waals surface area contributed by atoms with Gasteiger partial charge >= 0.3 is 0 Å². The molecule has 9 nitrogen and oxygen atoms in total. The molecule has 1 fully saturated rings. The van der Waals surface area contributed by atoms with Crippen LogP contribution < -0.4 is 20.3 Å². The molecule has 2 aromatic carbocycles. The quantitative estimate of drug-likeness (QED) is 0.455. The van der Waals surface area contributed by atoms with Crippen LogP contribution >= 0.6 is 11.6 Å². The summed E-state index contributed by atoms with van der Waals surface area (Å²) in [4.78, 5) is 11.1. The highest BCUT2D eigenvalue weighted by atomic mass is 35.5. The molecule has 4 rings (SSSR count). The number of benzene rings is 2. The molecule has 3 N–H and O–H groups in total. The van der Waals surface area contributed by atoms with E-state index in [1.807, 2.05) is 13.0 Å². The standard InChI is InChI=1S/C22H25ClN6O3S/c1-15-13-16(29-9-11-32-12-10-29)7-8-18(15)26-22-24-14-17(23)21(27-22)25-19-5-3-4-6-20(19)28-33(2,30)31/h3-8,13-14,28H,9-12H2,1-2H3,(H2,24,25,26,27). The third-order valence-corrected chi connectivity index (χ3v) is 5.92. The number of nitrogens with zero attached hydrogens (tertiary/aromatic N) is 3. The maximum Gasteiger partial charge on any atom is 0.229 e. The van der Waals surface area contributed by atoms with Crippen molar-refractivity contribution in [3.8, 4) is 0 Å². The second kappa shape index (κ2) is 9.82. The van der Waals surface area contributed by atoms with E-state index in [9.17, 15) is 8.42 Å². The lowest BCUT2D eigenvalue weighted by molar-refractivity contribution is 0.122. The van der Waals surface area contributed by atoms with Crippen molar-refractivity contribution in [3.63, 3.8) is 0 Å². The summed E-state index contributed by atoms with van der Waals surface area (Å²) in [6.07, 6.45) is 2.58. The van der Waals surface area contributed by atoms with Gasteiger partial charge in [0.05, 0.1) is 37.0 Å². The Morgan fingerprint density at radius 3 is 2.45 bits per heavy atom. The third-order valence-electron chi connectivity index (χ3n) is 5.05. The predicted octanol–water partition coefficient (Wildman–Crippen LogP) is 4.13. The highest BCUT2D eigenvalue weighted by Crippen LogP contribution is 2.30. The minimum Gasteiger partial charge on any atom is -0.378 e. The number of aryl methyl sites for hydroxylation is 1. The predicted molar refractivity (Wildman–Crippen MR) is 133 cm³/mol. The van der Waals surface area contributed by atoms with Gasteiger partial charge < -0.3 is 20.3 Å². The lowest BCUT2D eigenvalue weighted by atomic mass is 10.1. The molecule has 0 amide bonds. The van der Waals surface area contributed by atoms with Gasteiger partial charge in [0.1, 0.15) is 5.02 Å². The summed E-state index contributed by atoms with van der Waals surface area (Å²) in [6, 6.07) is 13.1. The minimum atomic E-state index is -3.45. The van der Waals surface area contributed by atoms with Crippen molar-refractivity contribution < 1.29 is 13.2 Å². The molecule has 3 aromatic rings. The van der Waals surface area contributed by atoms with E-state index in [0.29, 0.717) is 28.2 Å². The summed E-state index contributed by atoms with van der Waals surface area (Å²) in [5.41, 5.74) is 3.98. The van der Waals surface area contributed by atoms with Gasteiger partial charge in [0.25, 0.3) is 0 Å². The van der Waals surface area contributed by atoms with Crippen molar-refractivity contribution in [1.29, 1.82) is 0 Å². The summed E-state index contributed by atoms with van der Waals surface area (Å²) >= 11 is 6.30. The molecule has 2 heterocycles. The van der Waals surface area contributed by atoms with Crippen LogP contribution in [-0.2, 0) is 14.8 Å². The lowest BCUT2D eigenvalue weighted by Crippen LogP contribution is -2.36. The monoisotopic (exact) mass is 488 g/mol. The molecular formula is C22H25ClN6O3S. The van der Waals surface area contributed by atoms with E-state index < -0.39 is 10.0 Å². The number of hydrogen-bond acceptors (Lipinski definition) is 8. The van der Waals surface area contributed by atoms with Gasteiger partial charge in [-0.15, -0.1) is 0 Å². The van der Waals surface area contributed by atoms with E-state index in [1.165, 1.54) is 6.20 Å². The maximum atomic E-state index is 11.7. The SMILES string of the molecule is Cc1cc(N2CCOCC2)ccc1Nc1ncc(Cl)c(Nc2ccccc2NS(C)(=O)=O)n1. The number of aromatic nitrogens is 2. The highest BCUT2D eigenvalue weighted by Gasteiger charge is 2.14. The fourth-order valence-electron chi connectivity index (χ4n) is 3.45. The molecule has 0 atom stereocenters. The molecule has 0 unspecified atom stereocenters. The van der Waals surface area contributed by atoms with Gasteiger partial charge in [-0.3, -0.25) is 4.72 Å². The molecule has 11 heteroatoms. The topological polar surface area (TPSA) is 108 Å². The fraction of sp³-hybridized carbons (Fsp3) is 0.273. The molecule has 0 spiro atoms. The van der Waals surface area contributed by atoms with Crippen molar-refractivity contribution in [3.05, 3.63) is 59.2 Å². The number of ether oxygens (including phenoxy) is 1. The van der Waals surface area contributed by atoms with Gasteiger partial charge in [-0.25, -0.2) is 13.4 Å². The lowest BCUT2D eigenvalue weighted by Gasteiger charge is -2.29. The summed E-state index contributed by atoms with van der Waals surface area (Å²) in [5, 5.41) is 6.62. The summed E-state index contributed by atoms with van der Waals surface area (Å²) in [6.45, 7) is 5.23. The molecule has 1 aromatic heterocycles. The number of nitrogens with one attached hydrogen (secondary N) is 3. The van der Waals surface area contributed by atoms with Crippen LogP contribution in [-0.4, -0.2) is 50.9 Å². The second-order valence-corrected chi connectivity index (χ2v) is 9.81. The van der Waals surface area contributed by atoms with E-state index in [0.717, 1.165) is 49.5 Å². The first-order valence-electron chi connectivity index (χ1n) is 10.4. The first-order valence-corrected chi connectivity index (χ1v) is 12.6. The van der Waals surface area contributed by atoms with Crippen molar-refractivity contribution in [2.45, 2.75) is 6.92 Å². The normalized spacial score (nSPS) is 14.1. The number of halogens is 1. The second-order valence-electron chi connectivity index (χ2n) is 7.66. The summed E-state index contributed by atoms with van der Waals surface area (Å²) in [7, 11) is -3.45. The molecule has 0 aliphatic carbocycles. The molecule has 1 aliphatic heterocycles. The van der Waals surface area contributed by atoms with Crippen LogP contribution in [0.4, 0.5) is 34.5 Å². The average molecular weight is 489 g/mol. The van der Waals surface area contributed by atoms with Gasteiger partial charge in [0, 0.05) is 24.5 Å². The highest BCUT2D eigenvalue weighted by molar-refractivity contribution is 7.92. The summed E-state index contributed by atoms with van der Waals surface area (Å²) < 4.78 is 31.3. The first-order chi connectivity index (χ1) is 15.8. The van der Waals surface area contributed by atoms with E-state index in [2.05, 4.69) is 42.4 Å². The minimum absolute atomic E-state index is 0.300. The number of rotatable bonds is 7. The Morgan fingerprint density at radius 2 is 1.76 bits per heavy atom. The Kier molecular flexibility index (Phi) is 6.87. The van der Waals surface area contributed by atoms with Crippen LogP contribution in [0.25, 0.3) is 0 Å². The zero-order valence-corrected chi connectivity index (χ0v) is 19.9. The van der Waals surface area contributed by atoms with Gasteiger partial charge in [0.15, 0.2) is 5.82 Å². The molecular weight excluding hydrogens is 464 g/mol. The van der Waals surface area contributed by atoms with E-state index >= 15 is 0 Å². The van der Waals surface area contributed by atoms with Gasteiger partial charge in [-0.2, -0.15) is 4.98 Å². The number of hydrogen-bond donors (Lipinski definition) is 3.